The van der Waals surface area contributed by atoms with E-state index in [-0.39, 0.29) is 0 Å². The minimum Gasteiger partial charge on any atom is -0.310 e. The van der Waals surface area contributed by atoms with Crippen molar-refractivity contribution in [2.75, 3.05) is 6.54 Å². The third kappa shape index (κ3) is 1.85. The van der Waals surface area contributed by atoms with E-state index >= 15 is 0 Å². The maximum Gasteiger partial charge on any atom is 0.0534 e. The van der Waals surface area contributed by atoms with E-state index in [0.717, 1.165) is 12.5 Å². The van der Waals surface area contributed by atoms with Gasteiger partial charge in [-0.2, -0.15) is 5.10 Å². The molecule has 66 valence electrons. The zero-order valence-corrected chi connectivity index (χ0v) is 7.38. The monoisotopic (exact) mass is 165 g/mol. The average molecular weight is 165 g/mol. The van der Waals surface area contributed by atoms with Crippen molar-refractivity contribution < 1.29 is 0 Å². The van der Waals surface area contributed by atoms with Gasteiger partial charge in [0.15, 0.2) is 0 Å². The molecular formula is C9H15N3. The summed E-state index contributed by atoms with van der Waals surface area (Å²) >= 11 is 0. The van der Waals surface area contributed by atoms with E-state index in [2.05, 4.69) is 22.4 Å². The highest BCUT2D eigenvalue weighted by Gasteiger charge is 2.21. The van der Waals surface area contributed by atoms with Crippen molar-refractivity contribution in [3.63, 3.8) is 0 Å². The molecule has 3 heteroatoms. The topological polar surface area (TPSA) is 40.7 Å². The average Bonchev–Trinajstić information content (AvgIpc) is 2.74. The largest absolute Gasteiger partial charge is 0.310 e. The third-order valence-corrected chi connectivity index (χ3v) is 2.43. The van der Waals surface area contributed by atoms with Crippen LogP contribution in [0.25, 0.3) is 0 Å². The molecule has 3 nitrogen and oxygen atoms in total. The van der Waals surface area contributed by atoms with Gasteiger partial charge >= 0.3 is 0 Å². The number of nitrogens with one attached hydrogen (secondary N) is 2. The molecule has 1 atom stereocenters. The van der Waals surface area contributed by atoms with Gasteiger partial charge in [-0.3, -0.25) is 5.10 Å². The Kier molecular flexibility index (Phi) is 2.13. The van der Waals surface area contributed by atoms with Crippen LogP contribution in [0.2, 0.25) is 0 Å². The van der Waals surface area contributed by atoms with Gasteiger partial charge in [0.05, 0.1) is 6.20 Å². The first kappa shape index (κ1) is 7.80. The number of H-pyrrole nitrogens is 1. The molecule has 2 N–H and O–H groups in total. The van der Waals surface area contributed by atoms with Crippen LogP contribution in [-0.2, 0) is 0 Å². The van der Waals surface area contributed by atoms with Gasteiger partial charge < -0.3 is 5.32 Å². The van der Waals surface area contributed by atoms with Crippen molar-refractivity contribution in [3.05, 3.63) is 18.0 Å². The highest BCUT2D eigenvalue weighted by Crippen LogP contribution is 2.28. The van der Waals surface area contributed by atoms with Crippen molar-refractivity contribution in [1.82, 2.24) is 15.5 Å². The molecule has 0 spiro atoms. The van der Waals surface area contributed by atoms with Crippen LogP contribution >= 0.6 is 0 Å². The summed E-state index contributed by atoms with van der Waals surface area (Å²) in [4.78, 5) is 0. The minimum atomic E-state index is 0.435. The number of hydrogen-bond donors (Lipinski definition) is 2. The van der Waals surface area contributed by atoms with Gasteiger partial charge in [-0.05, 0) is 32.2 Å². The first-order valence-electron chi connectivity index (χ1n) is 4.58. The molecule has 0 radical (unpaired) electrons. The van der Waals surface area contributed by atoms with Gasteiger partial charge in [-0.1, -0.05) is 0 Å². The van der Waals surface area contributed by atoms with Crippen molar-refractivity contribution in [2.24, 2.45) is 5.92 Å². The molecule has 1 unspecified atom stereocenters. The molecular weight excluding hydrogens is 150 g/mol. The van der Waals surface area contributed by atoms with E-state index < -0.39 is 0 Å². The Morgan fingerprint density at radius 2 is 2.58 bits per heavy atom. The Bertz CT molecular complexity index is 226. The summed E-state index contributed by atoms with van der Waals surface area (Å²) in [5.74, 6) is 0.944. The number of rotatable bonds is 4. The lowest BCUT2D eigenvalue weighted by Crippen LogP contribution is -2.20. The maximum absolute atomic E-state index is 3.92. The molecule has 1 aliphatic carbocycles. The van der Waals surface area contributed by atoms with Crippen LogP contribution in [0.4, 0.5) is 0 Å². The second-order valence-electron chi connectivity index (χ2n) is 3.60. The van der Waals surface area contributed by atoms with Crippen LogP contribution in [0.1, 0.15) is 31.4 Å². The van der Waals surface area contributed by atoms with Crippen LogP contribution in [-0.4, -0.2) is 16.7 Å². The number of aromatic amines is 1. The maximum atomic E-state index is 3.92. The van der Waals surface area contributed by atoms with Gasteiger partial charge in [0.25, 0.3) is 0 Å². The summed E-state index contributed by atoms with van der Waals surface area (Å²) < 4.78 is 0. The fourth-order valence-electron chi connectivity index (χ4n) is 1.28. The molecule has 0 amide bonds. The number of aromatic nitrogens is 2. The Balaban J connectivity index is 1.79. The molecule has 12 heavy (non-hydrogen) atoms. The summed E-state index contributed by atoms with van der Waals surface area (Å²) in [6, 6.07) is 0.435. The molecule has 1 aliphatic rings. The molecule has 1 saturated carbocycles. The van der Waals surface area contributed by atoms with Crippen molar-refractivity contribution in [3.8, 4) is 0 Å². The van der Waals surface area contributed by atoms with E-state index in [1.54, 1.807) is 0 Å². The fraction of sp³-hybridized carbons (Fsp3) is 0.667. The Morgan fingerprint density at radius 3 is 3.17 bits per heavy atom. The third-order valence-electron chi connectivity index (χ3n) is 2.43. The predicted molar refractivity (Wildman–Crippen MR) is 47.7 cm³/mol. The Morgan fingerprint density at radius 1 is 1.75 bits per heavy atom. The van der Waals surface area contributed by atoms with E-state index in [9.17, 15) is 0 Å². The van der Waals surface area contributed by atoms with Crippen LogP contribution in [0.5, 0.6) is 0 Å². The molecule has 2 rings (SSSR count). The SMILES string of the molecule is CC(NCC1CC1)c1cn[nH]c1. The molecule has 0 saturated heterocycles. The van der Waals surface area contributed by atoms with Crippen molar-refractivity contribution >= 4 is 0 Å². The lowest BCUT2D eigenvalue weighted by Gasteiger charge is -2.10. The Labute approximate surface area is 72.6 Å². The van der Waals surface area contributed by atoms with E-state index in [4.69, 9.17) is 0 Å². The van der Waals surface area contributed by atoms with Crippen LogP contribution < -0.4 is 5.32 Å². The molecule has 1 aromatic rings. The summed E-state index contributed by atoms with van der Waals surface area (Å²) in [6.07, 6.45) is 6.64. The number of hydrogen-bond acceptors (Lipinski definition) is 2. The van der Waals surface area contributed by atoms with Crippen molar-refractivity contribution in [2.45, 2.75) is 25.8 Å². The van der Waals surface area contributed by atoms with Crippen LogP contribution in [0.15, 0.2) is 12.4 Å². The summed E-state index contributed by atoms with van der Waals surface area (Å²) in [5.41, 5.74) is 1.25. The standard InChI is InChI=1S/C9H15N3/c1-7(9-5-11-12-6-9)10-4-8-2-3-8/h5-8,10H,2-4H2,1H3,(H,11,12). The van der Waals surface area contributed by atoms with Gasteiger partial charge in [0.1, 0.15) is 0 Å². The highest BCUT2D eigenvalue weighted by molar-refractivity contribution is 5.07. The molecule has 0 bridgehead atoms. The van der Waals surface area contributed by atoms with Crippen LogP contribution in [0.3, 0.4) is 0 Å². The number of nitrogens with zero attached hydrogens (tertiary/aromatic N) is 1. The first-order chi connectivity index (χ1) is 5.86. The lowest BCUT2D eigenvalue weighted by atomic mass is 10.2. The zero-order valence-electron chi connectivity index (χ0n) is 7.38. The summed E-state index contributed by atoms with van der Waals surface area (Å²) in [7, 11) is 0. The van der Waals surface area contributed by atoms with Gasteiger partial charge in [-0.25, -0.2) is 0 Å². The molecule has 0 aliphatic heterocycles. The molecule has 1 fully saturated rings. The molecule has 1 aromatic heterocycles. The van der Waals surface area contributed by atoms with Gasteiger partial charge in [0.2, 0.25) is 0 Å². The second kappa shape index (κ2) is 3.27. The summed E-state index contributed by atoms with van der Waals surface area (Å²) in [6.45, 7) is 3.33. The highest BCUT2D eigenvalue weighted by atomic mass is 15.1. The minimum absolute atomic E-state index is 0.435. The first-order valence-corrected chi connectivity index (χ1v) is 4.58. The molecule has 0 aromatic carbocycles. The summed E-state index contributed by atoms with van der Waals surface area (Å²) in [5, 5.41) is 10.2. The normalized spacial score (nSPS) is 19.4. The van der Waals surface area contributed by atoms with E-state index in [1.165, 1.54) is 18.4 Å². The van der Waals surface area contributed by atoms with Gasteiger partial charge in [0, 0.05) is 17.8 Å². The zero-order chi connectivity index (χ0) is 8.39. The second-order valence-corrected chi connectivity index (χ2v) is 3.60. The lowest BCUT2D eigenvalue weighted by molar-refractivity contribution is 0.549. The predicted octanol–water partition coefficient (Wildman–Crippen LogP) is 1.47. The van der Waals surface area contributed by atoms with E-state index in [1.807, 2.05) is 12.4 Å². The molecule has 1 heterocycles. The Hall–Kier alpha value is -0.830. The smallest absolute Gasteiger partial charge is 0.0534 e. The fourth-order valence-corrected chi connectivity index (χ4v) is 1.28. The van der Waals surface area contributed by atoms with Gasteiger partial charge in [-0.15, -0.1) is 0 Å². The van der Waals surface area contributed by atoms with Crippen LogP contribution in [0, 0.1) is 5.92 Å². The quantitative estimate of drug-likeness (QED) is 0.709. The van der Waals surface area contributed by atoms with Crippen molar-refractivity contribution in [1.29, 1.82) is 0 Å². The van der Waals surface area contributed by atoms with E-state index in [0.29, 0.717) is 6.04 Å².